The van der Waals surface area contributed by atoms with Crippen LogP contribution in [0.25, 0.3) is 0 Å². The van der Waals surface area contributed by atoms with E-state index in [-0.39, 0.29) is 6.61 Å². The van der Waals surface area contributed by atoms with E-state index in [0.717, 1.165) is 12.1 Å². The lowest BCUT2D eigenvalue weighted by atomic mass is 10.2. The lowest BCUT2D eigenvalue weighted by Crippen LogP contribution is -2.34. The van der Waals surface area contributed by atoms with Gasteiger partial charge in [-0.1, -0.05) is 0 Å². The molecule has 0 amide bonds. The summed E-state index contributed by atoms with van der Waals surface area (Å²) in [6.45, 7) is 1.64. The SMILES string of the molecule is COCCN(C)CC(O)COc1ccc(C(F)(F)F)cc1. The third-order valence-corrected chi connectivity index (χ3v) is 2.82. The van der Waals surface area contributed by atoms with E-state index in [2.05, 4.69) is 0 Å². The second kappa shape index (κ2) is 8.21. The number of methoxy groups -OCH3 is 1. The van der Waals surface area contributed by atoms with Crippen LogP contribution in [0.1, 0.15) is 5.56 Å². The highest BCUT2D eigenvalue weighted by Gasteiger charge is 2.30. The van der Waals surface area contributed by atoms with Crippen molar-refractivity contribution < 1.29 is 27.8 Å². The number of hydrogen-bond donors (Lipinski definition) is 1. The summed E-state index contributed by atoms with van der Waals surface area (Å²) in [5.74, 6) is 0.293. The molecule has 1 unspecified atom stereocenters. The number of halogens is 3. The molecule has 0 saturated heterocycles. The van der Waals surface area contributed by atoms with E-state index in [1.807, 2.05) is 11.9 Å². The van der Waals surface area contributed by atoms with Crippen LogP contribution in [0.15, 0.2) is 24.3 Å². The molecule has 0 spiro atoms. The maximum Gasteiger partial charge on any atom is 0.416 e. The summed E-state index contributed by atoms with van der Waals surface area (Å²) in [7, 11) is 3.43. The fourth-order valence-corrected chi connectivity index (χ4v) is 1.68. The molecule has 0 heterocycles. The van der Waals surface area contributed by atoms with Crippen LogP contribution in [0.2, 0.25) is 0 Å². The Labute approximate surface area is 122 Å². The van der Waals surface area contributed by atoms with Crippen LogP contribution in [-0.2, 0) is 10.9 Å². The van der Waals surface area contributed by atoms with Crippen LogP contribution in [0.5, 0.6) is 5.75 Å². The second-order valence-corrected chi connectivity index (χ2v) is 4.74. The standard InChI is InChI=1S/C14H20F3NO3/c1-18(7-8-20-2)9-12(19)10-21-13-5-3-11(4-6-13)14(15,16)17/h3-6,12,19H,7-10H2,1-2H3. The summed E-state index contributed by atoms with van der Waals surface area (Å²) in [5.41, 5.74) is -0.727. The van der Waals surface area contributed by atoms with Crippen molar-refractivity contribution in [2.24, 2.45) is 0 Å². The van der Waals surface area contributed by atoms with Gasteiger partial charge in [-0.3, -0.25) is 0 Å². The highest BCUT2D eigenvalue weighted by Crippen LogP contribution is 2.30. The molecule has 0 saturated carbocycles. The van der Waals surface area contributed by atoms with Crippen molar-refractivity contribution in [2.75, 3.05) is 40.5 Å². The first kappa shape index (κ1) is 17.7. The largest absolute Gasteiger partial charge is 0.491 e. The number of ether oxygens (including phenoxy) is 2. The van der Waals surface area contributed by atoms with Gasteiger partial charge in [0, 0.05) is 20.2 Å². The summed E-state index contributed by atoms with van der Waals surface area (Å²) >= 11 is 0. The van der Waals surface area contributed by atoms with Gasteiger partial charge >= 0.3 is 6.18 Å². The quantitative estimate of drug-likeness (QED) is 0.798. The van der Waals surface area contributed by atoms with E-state index in [4.69, 9.17) is 9.47 Å². The fourth-order valence-electron chi connectivity index (χ4n) is 1.68. The molecular weight excluding hydrogens is 287 g/mol. The monoisotopic (exact) mass is 307 g/mol. The summed E-state index contributed by atoms with van der Waals surface area (Å²) in [5, 5.41) is 9.78. The number of aliphatic hydroxyl groups is 1. The molecule has 0 aromatic heterocycles. The first-order valence-electron chi connectivity index (χ1n) is 6.48. The van der Waals surface area contributed by atoms with Gasteiger partial charge in [-0.2, -0.15) is 13.2 Å². The van der Waals surface area contributed by atoms with E-state index in [9.17, 15) is 18.3 Å². The predicted octanol–water partition coefficient (Wildman–Crippen LogP) is 2.02. The number of rotatable bonds is 8. The van der Waals surface area contributed by atoms with E-state index in [1.165, 1.54) is 12.1 Å². The molecule has 4 nitrogen and oxygen atoms in total. The van der Waals surface area contributed by atoms with Gasteiger partial charge in [-0.15, -0.1) is 0 Å². The van der Waals surface area contributed by atoms with Gasteiger partial charge in [0.25, 0.3) is 0 Å². The first-order valence-corrected chi connectivity index (χ1v) is 6.48. The van der Waals surface area contributed by atoms with Gasteiger partial charge < -0.3 is 19.5 Å². The minimum Gasteiger partial charge on any atom is -0.491 e. The van der Waals surface area contributed by atoms with E-state index >= 15 is 0 Å². The van der Waals surface area contributed by atoms with Crippen LogP contribution in [-0.4, -0.2) is 56.6 Å². The van der Waals surface area contributed by atoms with Gasteiger partial charge in [0.05, 0.1) is 12.2 Å². The molecule has 7 heteroatoms. The average molecular weight is 307 g/mol. The van der Waals surface area contributed by atoms with Crippen molar-refractivity contribution in [1.29, 1.82) is 0 Å². The maximum atomic E-state index is 12.4. The Bertz CT molecular complexity index is 409. The molecule has 0 bridgehead atoms. The minimum absolute atomic E-state index is 0.0166. The maximum absolute atomic E-state index is 12.4. The van der Waals surface area contributed by atoms with E-state index in [1.54, 1.807) is 7.11 Å². The van der Waals surface area contributed by atoms with Crippen LogP contribution >= 0.6 is 0 Å². The number of likely N-dealkylation sites (N-methyl/N-ethyl adjacent to an activating group) is 1. The number of benzene rings is 1. The van der Waals surface area contributed by atoms with Gasteiger partial charge in [-0.25, -0.2) is 0 Å². The molecule has 0 radical (unpaired) electrons. The molecule has 1 aromatic carbocycles. The highest BCUT2D eigenvalue weighted by atomic mass is 19.4. The molecule has 0 fully saturated rings. The van der Waals surface area contributed by atoms with Gasteiger partial charge in [-0.05, 0) is 31.3 Å². The van der Waals surface area contributed by atoms with Crippen LogP contribution in [0, 0.1) is 0 Å². The zero-order valence-corrected chi connectivity index (χ0v) is 12.1. The molecule has 21 heavy (non-hydrogen) atoms. The lowest BCUT2D eigenvalue weighted by molar-refractivity contribution is -0.137. The average Bonchev–Trinajstić information content (AvgIpc) is 2.42. The molecule has 0 aliphatic heterocycles. The normalized spacial score (nSPS) is 13.5. The molecule has 1 rings (SSSR count). The smallest absolute Gasteiger partial charge is 0.416 e. The van der Waals surface area contributed by atoms with Crippen LogP contribution in [0.3, 0.4) is 0 Å². The highest BCUT2D eigenvalue weighted by molar-refractivity contribution is 5.28. The Hall–Kier alpha value is -1.31. The van der Waals surface area contributed by atoms with Crippen LogP contribution < -0.4 is 4.74 Å². The van der Waals surface area contributed by atoms with E-state index in [0.29, 0.717) is 25.4 Å². The predicted molar refractivity (Wildman–Crippen MR) is 72.3 cm³/mol. The zero-order valence-electron chi connectivity index (χ0n) is 12.1. The summed E-state index contributed by atoms with van der Waals surface area (Å²) in [4.78, 5) is 1.88. The lowest BCUT2D eigenvalue weighted by Gasteiger charge is -2.20. The topological polar surface area (TPSA) is 41.9 Å². The van der Waals surface area contributed by atoms with Gasteiger partial charge in [0.2, 0.25) is 0 Å². The van der Waals surface area contributed by atoms with E-state index < -0.39 is 17.8 Å². The van der Waals surface area contributed by atoms with Gasteiger partial charge in [0.15, 0.2) is 0 Å². The number of aliphatic hydroxyl groups excluding tert-OH is 1. The van der Waals surface area contributed by atoms with Crippen molar-refractivity contribution >= 4 is 0 Å². The Morgan fingerprint density at radius 2 is 1.86 bits per heavy atom. The van der Waals surface area contributed by atoms with Crippen molar-refractivity contribution in [3.05, 3.63) is 29.8 Å². The number of alkyl halides is 3. The van der Waals surface area contributed by atoms with Crippen molar-refractivity contribution in [3.63, 3.8) is 0 Å². The second-order valence-electron chi connectivity index (χ2n) is 4.74. The summed E-state index contributed by atoms with van der Waals surface area (Å²) < 4.78 is 47.3. The molecule has 1 aromatic rings. The third-order valence-electron chi connectivity index (χ3n) is 2.82. The van der Waals surface area contributed by atoms with Gasteiger partial charge in [0.1, 0.15) is 18.5 Å². The minimum atomic E-state index is -4.36. The zero-order chi connectivity index (χ0) is 15.9. The molecule has 120 valence electrons. The molecule has 1 atom stereocenters. The number of hydrogen-bond acceptors (Lipinski definition) is 4. The Morgan fingerprint density at radius 3 is 2.38 bits per heavy atom. The Balaban J connectivity index is 2.37. The summed E-state index contributed by atoms with van der Waals surface area (Å²) in [6, 6.07) is 4.38. The van der Waals surface area contributed by atoms with Crippen molar-refractivity contribution in [3.8, 4) is 5.75 Å². The molecule has 0 aliphatic carbocycles. The molecular formula is C14H20F3NO3. The first-order chi connectivity index (χ1) is 9.82. The Morgan fingerprint density at radius 1 is 1.24 bits per heavy atom. The molecule has 1 N–H and O–H groups in total. The fraction of sp³-hybridized carbons (Fsp3) is 0.571. The van der Waals surface area contributed by atoms with Crippen molar-refractivity contribution in [2.45, 2.75) is 12.3 Å². The third kappa shape index (κ3) is 6.79. The van der Waals surface area contributed by atoms with Crippen molar-refractivity contribution in [1.82, 2.24) is 4.90 Å². The number of nitrogens with zero attached hydrogens (tertiary/aromatic N) is 1. The molecule has 0 aliphatic rings. The summed E-state index contributed by atoms with van der Waals surface area (Å²) in [6.07, 6.45) is -5.09. The Kier molecular flexibility index (Phi) is 6.94. The van der Waals surface area contributed by atoms with Crippen LogP contribution in [0.4, 0.5) is 13.2 Å².